The molecule has 3 aliphatic rings. The van der Waals surface area contributed by atoms with Crippen molar-refractivity contribution in [1.82, 2.24) is 10.00 Å². The van der Waals surface area contributed by atoms with Crippen molar-refractivity contribution >= 4 is 40.3 Å². The molecule has 0 spiro atoms. The van der Waals surface area contributed by atoms with E-state index < -0.39 is 11.9 Å². The molecule has 6 rings (SSSR count). The summed E-state index contributed by atoms with van der Waals surface area (Å²) in [6.07, 6.45) is 7.95. The Hall–Kier alpha value is -4.31. The molecule has 1 saturated heterocycles. The third-order valence-corrected chi connectivity index (χ3v) is 7.46. The molecule has 0 atom stereocenters. The zero-order chi connectivity index (χ0) is 28.6. The monoisotopic (exact) mass is 546 g/mol. The fourth-order valence-corrected chi connectivity index (χ4v) is 5.57. The number of aliphatic carboxylic acids is 2. The van der Waals surface area contributed by atoms with E-state index in [0.29, 0.717) is 12.2 Å². The number of nitrogens with one attached hydrogen (secondary N) is 1. The number of carbonyl (C=O) groups excluding carboxylic acids is 1. The van der Waals surface area contributed by atoms with Gasteiger partial charge in [-0.05, 0) is 76.2 Å². The lowest BCUT2D eigenvalue weighted by Crippen LogP contribution is -2.41. The molecular formula is C30H34N4O6. The summed E-state index contributed by atoms with van der Waals surface area (Å²) in [7, 11) is 3.88. The minimum atomic E-state index is -1.51. The van der Waals surface area contributed by atoms with Crippen molar-refractivity contribution in [3.63, 3.8) is 0 Å². The first-order valence-electron chi connectivity index (χ1n) is 13.3. The van der Waals surface area contributed by atoms with Gasteiger partial charge in [0.2, 0.25) is 5.52 Å². The van der Waals surface area contributed by atoms with Crippen LogP contribution in [0.4, 0.5) is 11.4 Å². The number of ether oxygens (including phenoxy) is 2. The molecule has 40 heavy (non-hydrogen) atoms. The van der Waals surface area contributed by atoms with E-state index in [1.54, 1.807) is 7.11 Å². The highest BCUT2D eigenvalue weighted by Crippen LogP contribution is 2.51. The highest BCUT2D eigenvalue weighted by molar-refractivity contribution is 6.12. The van der Waals surface area contributed by atoms with E-state index in [1.165, 1.54) is 53.8 Å². The first-order chi connectivity index (χ1) is 19.1. The Bertz CT molecular complexity index is 1510. The molecule has 10 heteroatoms. The molecule has 0 bridgehead atoms. The van der Waals surface area contributed by atoms with Gasteiger partial charge in [-0.15, -0.1) is 4.68 Å². The third-order valence-electron chi connectivity index (χ3n) is 7.46. The molecule has 0 amide bonds. The number of fused-ring (bicyclic) bond motifs is 4. The van der Waals surface area contributed by atoms with Crippen LogP contribution in [0.5, 0.6) is 11.5 Å². The largest absolute Gasteiger partial charge is 0.545 e. The molecule has 3 aromatic rings. The number of methoxy groups -OCH3 is 1. The lowest BCUT2D eigenvalue weighted by molar-refractivity contribution is -0.725. The van der Waals surface area contributed by atoms with Gasteiger partial charge in [-0.25, -0.2) is 4.79 Å². The van der Waals surface area contributed by atoms with Crippen molar-refractivity contribution in [3.05, 3.63) is 48.1 Å². The molecule has 2 N–H and O–H groups in total. The Morgan fingerprint density at radius 3 is 2.62 bits per heavy atom. The van der Waals surface area contributed by atoms with Gasteiger partial charge in [0.05, 0.1) is 37.1 Å². The maximum Gasteiger partial charge on any atom is 0.328 e. The number of aromatic amines is 1. The van der Waals surface area contributed by atoms with Crippen LogP contribution in [0.15, 0.2) is 42.5 Å². The Labute approximate surface area is 232 Å². The number of anilines is 2. The predicted molar refractivity (Wildman–Crippen MR) is 150 cm³/mol. The summed E-state index contributed by atoms with van der Waals surface area (Å²) in [6.45, 7) is 8.61. The van der Waals surface area contributed by atoms with Crippen molar-refractivity contribution in [2.24, 2.45) is 0 Å². The van der Waals surface area contributed by atoms with E-state index in [1.807, 2.05) is 6.07 Å². The Kier molecular flexibility index (Phi) is 7.29. The summed E-state index contributed by atoms with van der Waals surface area (Å²) in [5.74, 6) is -0.985. The molecule has 1 aromatic heterocycles. The van der Waals surface area contributed by atoms with E-state index in [-0.39, 0.29) is 5.60 Å². The van der Waals surface area contributed by atoms with Crippen molar-refractivity contribution < 1.29 is 34.0 Å². The van der Waals surface area contributed by atoms with Crippen LogP contribution < -0.4 is 24.2 Å². The number of carbonyl (C=O) groups is 2. The van der Waals surface area contributed by atoms with Crippen LogP contribution >= 0.6 is 0 Å². The number of carboxylic acids is 2. The van der Waals surface area contributed by atoms with Crippen LogP contribution in [0, 0.1) is 0 Å². The van der Waals surface area contributed by atoms with Crippen LogP contribution in [-0.2, 0) is 16.1 Å². The zero-order valence-electron chi connectivity index (χ0n) is 23.2. The van der Waals surface area contributed by atoms with Gasteiger partial charge in [0.1, 0.15) is 28.2 Å². The average Bonchev–Trinajstić information content (AvgIpc) is 3.56. The fraction of sp³-hybridized carbons (Fsp3) is 0.367. The normalized spacial score (nSPS) is 16.8. The molecule has 10 nitrogen and oxygen atoms in total. The predicted octanol–water partition coefficient (Wildman–Crippen LogP) is 2.87. The molecule has 0 radical (unpaired) electrons. The maximum atomic E-state index is 9.53. The van der Waals surface area contributed by atoms with E-state index >= 15 is 0 Å². The number of likely N-dealkylation sites (tertiary alicyclic amines) is 1. The van der Waals surface area contributed by atoms with Crippen molar-refractivity contribution in [3.8, 4) is 22.8 Å². The average molecular weight is 547 g/mol. The van der Waals surface area contributed by atoms with E-state index in [4.69, 9.17) is 14.6 Å². The quantitative estimate of drug-likeness (QED) is 0.358. The molecule has 2 aromatic carbocycles. The van der Waals surface area contributed by atoms with Gasteiger partial charge >= 0.3 is 5.97 Å². The topological polar surface area (TPSA) is 122 Å². The second-order valence-electron chi connectivity index (χ2n) is 10.7. The Morgan fingerprint density at radius 2 is 1.98 bits per heavy atom. The Morgan fingerprint density at radius 1 is 1.23 bits per heavy atom. The summed E-state index contributed by atoms with van der Waals surface area (Å²) >= 11 is 0. The summed E-state index contributed by atoms with van der Waals surface area (Å²) in [5.41, 5.74) is 6.72. The number of aromatic nitrogens is 2. The van der Waals surface area contributed by atoms with Crippen LogP contribution in [0.1, 0.15) is 32.3 Å². The van der Waals surface area contributed by atoms with Gasteiger partial charge in [0.15, 0.2) is 6.54 Å². The number of nitrogens with zero attached hydrogens (tertiary/aromatic N) is 3. The summed E-state index contributed by atoms with van der Waals surface area (Å²) < 4.78 is 14.3. The molecule has 4 heterocycles. The van der Waals surface area contributed by atoms with Gasteiger partial charge in [0, 0.05) is 24.3 Å². The molecular weight excluding hydrogens is 512 g/mol. The van der Waals surface area contributed by atoms with E-state index in [2.05, 4.69) is 70.8 Å². The van der Waals surface area contributed by atoms with Crippen molar-refractivity contribution in [2.75, 3.05) is 38.7 Å². The number of benzene rings is 2. The SMILES string of the molecule is COc1ccc2c(c1)-c1[nH][n+](CCN3CCCC3)c3cc4c(c(c13)N2C)C=CC(C)(C)O4.O=C([O-])/C=C/C(=O)O. The number of rotatable bonds is 6. The van der Waals surface area contributed by atoms with Crippen molar-refractivity contribution in [1.29, 1.82) is 0 Å². The van der Waals surface area contributed by atoms with Crippen LogP contribution in [0.25, 0.3) is 28.2 Å². The summed E-state index contributed by atoms with van der Waals surface area (Å²) in [4.78, 5) is 23.8. The smallest absolute Gasteiger partial charge is 0.328 e. The molecule has 0 unspecified atom stereocenters. The lowest BCUT2D eigenvalue weighted by atomic mass is 9.93. The minimum Gasteiger partial charge on any atom is -0.545 e. The van der Waals surface area contributed by atoms with Gasteiger partial charge in [-0.1, -0.05) is 0 Å². The zero-order valence-corrected chi connectivity index (χ0v) is 23.2. The fourth-order valence-electron chi connectivity index (χ4n) is 5.57. The second kappa shape index (κ2) is 10.7. The highest BCUT2D eigenvalue weighted by Gasteiger charge is 2.36. The molecule has 0 aliphatic carbocycles. The number of hydrogen-bond acceptors (Lipinski definition) is 7. The minimum absolute atomic E-state index is 0.314. The van der Waals surface area contributed by atoms with Gasteiger partial charge in [-0.3, -0.25) is 4.90 Å². The van der Waals surface area contributed by atoms with Gasteiger partial charge < -0.3 is 29.4 Å². The number of H-pyrrole nitrogens is 1. The Balaban J connectivity index is 0.000000355. The maximum absolute atomic E-state index is 9.53. The first-order valence-corrected chi connectivity index (χ1v) is 13.3. The second-order valence-corrected chi connectivity index (χ2v) is 10.7. The van der Waals surface area contributed by atoms with E-state index in [0.717, 1.165) is 35.8 Å². The van der Waals surface area contributed by atoms with Gasteiger partial charge in [-0.2, -0.15) is 5.10 Å². The van der Waals surface area contributed by atoms with Crippen molar-refractivity contribution in [2.45, 2.75) is 38.8 Å². The number of carboxylic acid groups (broad SMARTS) is 2. The third kappa shape index (κ3) is 5.27. The molecule has 210 valence electrons. The number of hydrogen-bond donors (Lipinski definition) is 2. The summed E-state index contributed by atoms with van der Waals surface area (Å²) in [6, 6.07) is 8.55. The molecule has 0 saturated carbocycles. The molecule has 3 aliphatic heterocycles. The first kappa shape index (κ1) is 27.3. The van der Waals surface area contributed by atoms with Gasteiger partial charge in [0.25, 0.3) is 0 Å². The summed E-state index contributed by atoms with van der Waals surface area (Å²) in [5, 5.41) is 22.2. The van der Waals surface area contributed by atoms with Crippen LogP contribution in [0.2, 0.25) is 0 Å². The van der Waals surface area contributed by atoms with E-state index in [9.17, 15) is 14.7 Å². The highest BCUT2D eigenvalue weighted by atomic mass is 16.5. The van der Waals surface area contributed by atoms with Crippen LogP contribution in [-0.4, -0.2) is 66.4 Å². The van der Waals surface area contributed by atoms with Crippen LogP contribution in [0.3, 0.4) is 0 Å². The lowest BCUT2D eigenvalue weighted by Gasteiger charge is -2.33. The standard InChI is InChI=1S/C26H30N4O2.C4H4O4/c1-26(2)10-9-18-22(32-26)16-21-23-24(27-30(21)14-13-29-11-5-6-12-29)19-15-17(31-4)7-8-20(19)28(3)25(18)23;5-3(6)1-2-4(7)8/h7-10,15-16H,5-6,11-14H2,1-4H3;1-2H,(H,5,6)(H,7,8)/b;2-1+. The molecule has 1 fully saturated rings.